The van der Waals surface area contributed by atoms with Gasteiger partial charge in [-0.3, -0.25) is 9.89 Å². The molecule has 0 spiro atoms. The summed E-state index contributed by atoms with van der Waals surface area (Å²) in [5.74, 6) is 0.933. The number of rotatable bonds is 3. The normalized spacial score (nSPS) is 12.4. The zero-order chi connectivity index (χ0) is 13.3. The molecule has 0 amide bonds. The number of hydrogen-bond donors (Lipinski definition) is 1. The SMILES string of the molecule is COc1cc2[nH]nc([S+](C)[O-])c(=O)c2cc1OC. The Labute approximate surface area is 106 Å². The lowest BCUT2D eigenvalue weighted by molar-refractivity contribution is 0.355. The van der Waals surface area contributed by atoms with Gasteiger partial charge >= 0.3 is 5.03 Å². The van der Waals surface area contributed by atoms with Crippen molar-refractivity contribution >= 4 is 22.1 Å². The molecule has 6 nitrogen and oxygen atoms in total. The van der Waals surface area contributed by atoms with Gasteiger partial charge in [-0.2, -0.15) is 0 Å². The van der Waals surface area contributed by atoms with E-state index in [4.69, 9.17) is 9.47 Å². The molecule has 1 atom stereocenters. The predicted octanol–water partition coefficient (Wildman–Crippen LogP) is 0.678. The molecule has 2 rings (SSSR count). The fourth-order valence-electron chi connectivity index (χ4n) is 1.63. The summed E-state index contributed by atoms with van der Waals surface area (Å²) in [6, 6.07) is 3.16. The van der Waals surface area contributed by atoms with E-state index in [0.717, 1.165) is 0 Å². The Bertz CT molecular complexity index is 639. The van der Waals surface area contributed by atoms with Crippen LogP contribution in [0.4, 0.5) is 0 Å². The Kier molecular flexibility index (Phi) is 3.44. The molecule has 7 heteroatoms. The Hall–Kier alpha value is -1.73. The summed E-state index contributed by atoms with van der Waals surface area (Å²) in [5, 5.41) is 6.86. The third kappa shape index (κ3) is 2.02. The summed E-state index contributed by atoms with van der Waals surface area (Å²) in [7, 11) is 2.99. The highest BCUT2D eigenvalue weighted by Gasteiger charge is 2.17. The van der Waals surface area contributed by atoms with E-state index in [9.17, 15) is 9.35 Å². The molecule has 0 aliphatic rings. The molecule has 1 unspecified atom stereocenters. The van der Waals surface area contributed by atoms with Crippen LogP contribution in [0.15, 0.2) is 22.0 Å². The van der Waals surface area contributed by atoms with Crippen molar-refractivity contribution in [3.05, 3.63) is 22.4 Å². The third-order valence-electron chi connectivity index (χ3n) is 2.51. The van der Waals surface area contributed by atoms with E-state index in [1.807, 2.05) is 0 Å². The average Bonchev–Trinajstić information content (AvgIpc) is 2.37. The van der Waals surface area contributed by atoms with Crippen LogP contribution >= 0.6 is 0 Å². The molecule has 0 aliphatic heterocycles. The van der Waals surface area contributed by atoms with Crippen molar-refractivity contribution in [1.82, 2.24) is 10.2 Å². The minimum atomic E-state index is -1.44. The first kappa shape index (κ1) is 12.7. The van der Waals surface area contributed by atoms with Gasteiger partial charge in [0, 0.05) is 17.2 Å². The molecule has 96 valence electrons. The molecule has 1 N–H and O–H groups in total. The summed E-state index contributed by atoms with van der Waals surface area (Å²) in [4.78, 5) is 12.1. The van der Waals surface area contributed by atoms with Gasteiger partial charge in [0.05, 0.1) is 25.1 Å². The standard InChI is InChI=1S/C11H12N2O4S/c1-16-8-4-6-7(5-9(8)17-2)12-13-11(10(6)14)18(3)15/h4-5H,1-3H3,(H,12,14). The van der Waals surface area contributed by atoms with Crippen molar-refractivity contribution in [2.24, 2.45) is 0 Å². The number of fused-ring (bicyclic) bond motifs is 1. The van der Waals surface area contributed by atoms with Gasteiger partial charge in [0.15, 0.2) is 11.5 Å². The topological polar surface area (TPSA) is 87.3 Å². The highest BCUT2D eigenvalue weighted by molar-refractivity contribution is 7.90. The van der Waals surface area contributed by atoms with Crippen LogP contribution in [-0.2, 0) is 11.2 Å². The van der Waals surface area contributed by atoms with E-state index >= 15 is 0 Å². The minimum Gasteiger partial charge on any atom is -0.610 e. The number of H-pyrrole nitrogens is 1. The van der Waals surface area contributed by atoms with Crippen molar-refractivity contribution < 1.29 is 14.0 Å². The van der Waals surface area contributed by atoms with Crippen LogP contribution in [0.1, 0.15) is 0 Å². The molecule has 0 bridgehead atoms. The fourth-order valence-corrected chi connectivity index (χ4v) is 2.18. The Morgan fingerprint density at radius 1 is 1.28 bits per heavy atom. The number of aromatic nitrogens is 2. The van der Waals surface area contributed by atoms with Gasteiger partial charge in [0.1, 0.15) is 6.26 Å². The van der Waals surface area contributed by atoms with E-state index in [-0.39, 0.29) is 10.5 Å². The summed E-state index contributed by atoms with van der Waals surface area (Å²) >= 11 is -1.44. The van der Waals surface area contributed by atoms with E-state index in [0.29, 0.717) is 22.4 Å². The van der Waals surface area contributed by atoms with Gasteiger partial charge in [0.25, 0.3) is 5.43 Å². The molecule has 18 heavy (non-hydrogen) atoms. The lowest BCUT2D eigenvalue weighted by Gasteiger charge is -2.09. The van der Waals surface area contributed by atoms with Gasteiger partial charge in [-0.25, -0.2) is 0 Å². The number of nitrogens with zero attached hydrogens (tertiary/aromatic N) is 1. The van der Waals surface area contributed by atoms with Crippen molar-refractivity contribution in [2.45, 2.75) is 5.03 Å². The van der Waals surface area contributed by atoms with E-state index < -0.39 is 11.2 Å². The maximum Gasteiger partial charge on any atom is 0.309 e. The fraction of sp³-hybridized carbons (Fsp3) is 0.273. The van der Waals surface area contributed by atoms with E-state index in [1.165, 1.54) is 20.5 Å². The van der Waals surface area contributed by atoms with Gasteiger partial charge in [0.2, 0.25) is 0 Å². The Balaban J connectivity index is 2.78. The number of ether oxygens (including phenoxy) is 2. The molecule has 0 fully saturated rings. The summed E-state index contributed by atoms with van der Waals surface area (Å²) in [6.45, 7) is 0. The lowest BCUT2D eigenvalue weighted by Crippen LogP contribution is -2.17. The number of nitrogens with one attached hydrogen (secondary N) is 1. The van der Waals surface area contributed by atoms with E-state index in [2.05, 4.69) is 10.2 Å². The second-order valence-electron chi connectivity index (χ2n) is 3.56. The maximum absolute atomic E-state index is 12.1. The summed E-state index contributed by atoms with van der Waals surface area (Å²) in [5.41, 5.74) is 0.136. The number of hydrogen-bond acceptors (Lipinski definition) is 5. The van der Waals surface area contributed by atoms with Crippen LogP contribution in [0.2, 0.25) is 0 Å². The molecule has 0 saturated carbocycles. The molecule has 1 aromatic carbocycles. The highest BCUT2D eigenvalue weighted by atomic mass is 32.2. The lowest BCUT2D eigenvalue weighted by atomic mass is 10.2. The average molecular weight is 268 g/mol. The summed E-state index contributed by atoms with van der Waals surface area (Å²) in [6.07, 6.45) is 1.41. The molecular formula is C11H12N2O4S. The molecular weight excluding hydrogens is 256 g/mol. The van der Waals surface area contributed by atoms with Crippen molar-refractivity contribution in [3.8, 4) is 11.5 Å². The molecule has 1 aromatic heterocycles. The third-order valence-corrected chi connectivity index (χ3v) is 3.33. The molecule has 0 saturated heterocycles. The molecule has 0 aliphatic carbocycles. The second-order valence-corrected chi connectivity index (χ2v) is 4.86. The zero-order valence-corrected chi connectivity index (χ0v) is 11.0. The van der Waals surface area contributed by atoms with Gasteiger partial charge in [-0.15, -0.1) is 5.10 Å². The van der Waals surface area contributed by atoms with Gasteiger partial charge in [-0.05, 0) is 6.07 Å². The van der Waals surface area contributed by atoms with Crippen molar-refractivity contribution in [3.63, 3.8) is 0 Å². The number of aromatic amines is 1. The van der Waals surface area contributed by atoms with E-state index in [1.54, 1.807) is 12.1 Å². The summed E-state index contributed by atoms with van der Waals surface area (Å²) < 4.78 is 21.6. The van der Waals surface area contributed by atoms with Gasteiger partial charge in [-0.1, -0.05) is 0 Å². The maximum atomic E-state index is 12.1. The monoisotopic (exact) mass is 268 g/mol. The van der Waals surface area contributed by atoms with Crippen molar-refractivity contribution in [2.75, 3.05) is 20.5 Å². The molecule has 1 heterocycles. The Morgan fingerprint density at radius 3 is 2.44 bits per heavy atom. The first-order chi connectivity index (χ1) is 8.58. The quantitative estimate of drug-likeness (QED) is 0.827. The largest absolute Gasteiger partial charge is 0.610 e. The molecule has 0 radical (unpaired) electrons. The predicted molar refractivity (Wildman–Crippen MR) is 67.8 cm³/mol. The van der Waals surface area contributed by atoms with Crippen LogP contribution in [0.5, 0.6) is 11.5 Å². The first-order valence-electron chi connectivity index (χ1n) is 5.06. The van der Waals surface area contributed by atoms with Crippen LogP contribution in [-0.4, -0.2) is 35.2 Å². The zero-order valence-electron chi connectivity index (χ0n) is 10.1. The number of methoxy groups -OCH3 is 2. The second kappa shape index (κ2) is 4.87. The molecule has 2 aromatic rings. The first-order valence-corrected chi connectivity index (χ1v) is 6.62. The smallest absolute Gasteiger partial charge is 0.309 e. The van der Waals surface area contributed by atoms with Crippen molar-refractivity contribution in [1.29, 1.82) is 0 Å². The highest BCUT2D eigenvalue weighted by Crippen LogP contribution is 2.29. The number of benzene rings is 1. The van der Waals surface area contributed by atoms with Crippen LogP contribution < -0.4 is 14.9 Å². The van der Waals surface area contributed by atoms with Crippen LogP contribution in [0.25, 0.3) is 10.9 Å². The van der Waals surface area contributed by atoms with Crippen LogP contribution in [0.3, 0.4) is 0 Å². The van der Waals surface area contributed by atoms with Gasteiger partial charge < -0.3 is 14.0 Å². The Morgan fingerprint density at radius 2 is 1.89 bits per heavy atom. The van der Waals surface area contributed by atoms with Crippen LogP contribution in [0, 0.1) is 0 Å². The minimum absolute atomic E-state index is 0.00489.